The van der Waals surface area contributed by atoms with Crippen molar-refractivity contribution in [2.24, 2.45) is 0 Å². The molecule has 0 aliphatic heterocycles. The molecule has 1 aromatic heterocycles. The van der Waals surface area contributed by atoms with Gasteiger partial charge in [0.15, 0.2) is 0 Å². The fourth-order valence-corrected chi connectivity index (χ4v) is 1.88. The van der Waals surface area contributed by atoms with Gasteiger partial charge in [-0.1, -0.05) is 12.1 Å². The largest absolute Gasteiger partial charge is 0.467 e. The van der Waals surface area contributed by atoms with Crippen LogP contribution in [0.2, 0.25) is 0 Å². The number of aryl methyl sites for hydroxylation is 1. The van der Waals surface area contributed by atoms with Crippen LogP contribution < -0.4 is 10.6 Å². The van der Waals surface area contributed by atoms with Crippen LogP contribution >= 0.6 is 0 Å². The van der Waals surface area contributed by atoms with Gasteiger partial charge in [0.1, 0.15) is 11.6 Å². The molecule has 5 nitrogen and oxygen atoms in total. The van der Waals surface area contributed by atoms with Gasteiger partial charge in [0, 0.05) is 6.42 Å². The zero-order chi connectivity index (χ0) is 15.8. The first-order chi connectivity index (χ1) is 10.6. The van der Waals surface area contributed by atoms with E-state index in [0.717, 1.165) is 5.56 Å². The number of hydrogen-bond donors (Lipinski definition) is 2. The molecule has 2 N–H and O–H groups in total. The highest BCUT2D eigenvalue weighted by Crippen LogP contribution is 2.05. The Kier molecular flexibility index (Phi) is 5.71. The van der Waals surface area contributed by atoms with Crippen LogP contribution in [0.1, 0.15) is 17.7 Å². The third kappa shape index (κ3) is 5.40. The average molecular weight is 304 g/mol. The standard InChI is InChI=1S/C16H17FN2O3/c17-13-4-1-3-12(9-13)6-7-15(20)19-11-16(21)18-10-14-5-2-8-22-14/h1-5,8-9H,6-7,10-11H2,(H,18,21)(H,19,20). The highest BCUT2D eigenvalue weighted by molar-refractivity contribution is 5.84. The number of benzene rings is 1. The monoisotopic (exact) mass is 304 g/mol. The van der Waals surface area contributed by atoms with Gasteiger partial charge in [-0.25, -0.2) is 4.39 Å². The molecular weight excluding hydrogens is 287 g/mol. The zero-order valence-electron chi connectivity index (χ0n) is 12.0. The maximum absolute atomic E-state index is 13.0. The minimum Gasteiger partial charge on any atom is -0.467 e. The van der Waals surface area contributed by atoms with Gasteiger partial charge in [-0.05, 0) is 36.2 Å². The minimum atomic E-state index is -0.324. The first-order valence-electron chi connectivity index (χ1n) is 6.94. The van der Waals surface area contributed by atoms with Crippen LogP contribution in [0.25, 0.3) is 0 Å². The van der Waals surface area contributed by atoms with Gasteiger partial charge in [0.25, 0.3) is 0 Å². The Morgan fingerprint density at radius 1 is 1.09 bits per heavy atom. The normalized spacial score (nSPS) is 10.2. The molecular formula is C16H17FN2O3. The predicted octanol–water partition coefficient (Wildman–Crippen LogP) is 1.78. The molecule has 2 amide bonds. The molecule has 6 heteroatoms. The van der Waals surface area contributed by atoms with Gasteiger partial charge in [-0.2, -0.15) is 0 Å². The minimum absolute atomic E-state index is 0.0946. The number of carbonyl (C=O) groups is 2. The summed E-state index contributed by atoms with van der Waals surface area (Å²) in [5, 5.41) is 5.15. The van der Waals surface area contributed by atoms with E-state index in [1.54, 1.807) is 24.3 Å². The Balaban J connectivity index is 1.63. The Bertz CT molecular complexity index is 626. The summed E-state index contributed by atoms with van der Waals surface area (Å²) >= 11 is 0. The lowest BCUT2D eigenvalue weighted by Gasteiger charge is -2.06. The van der Waals surface area contributed by atoms with E-state index in [9.17, 15) is 14.0 Å². The summed E-state index contributed by atoms with van der Waals surface area (Å²) in [4.78, 5) is 23.2. The van der Waals surface area contributed by atoms with Crippen molar-refractivity contribution in [1.82, 2.24) is 10.6 Å². The summed E-state index contributed by atoms with van der Waals surface area (Å²) in [6.45, 7) is 0.188. The van der Waals surface area contributed by atoms with Crippen LogP contribution in [-0.2, 0) is 22.6 Å². The van der Waals surface area contributed by atoms with Crippen LogP contribution in [-0.4, -0.2) is 18.4 Å². The Morgan fingerprint density at radius 3 is 2.68 bits per heavy atom. The molecule has 0 radical (unpaired) electrons. The van der Waals surface area contributed by atoms with Crippen LogP contribution in [0.15, 0.2) is 47.1 Å². The second-order valence-electron chi connectivity index (χ2n) is 4.76. The molecule has 2 aromatic rings. The van der Waals surface area contributed by atoms with Gasteiger partial charge < -0.3 is 15.1 Å². The number of nitrogens with one attached hydrogen (secondary N) is 2. The van der Waals surface area contributed by atoms with Crippen molar-refractivity contribution in [2.75, 3.05) is 6.54 Å². The summed E-state index contributed by atoms with van der Waals surface area (Å²) in [7, 11) is 0. The van der Waals surface area contributed by atoms with Crippen LogP contribution in [0.4, 0.5) is 4.39 Å². The molecule has 0 aliphatic carbocycles. The van der Waals surface area contributed by atoms with Gasteiger partial charge in [0.2, 0.25) is 11.8 Å². The number of halogens is 1. The summed E-state index contributed by atoms with van der Waals surface area (Å²) in [5.41, 5.74) is 0.748. The third-order valence-corrected chi connectivity index (χ3v) is 3.02. The number of hydrogen-bond acceptors (Lipinski definition) is 3. The molecule has 0 atom stereocenters. The summed E-state index contributed by atoms with van der Waals surface area (Å²) in [6.07, 6.45) is 2.15. The highest BCUT2D eigenvalue weighted by Gasteiger charge is 2.07. The van der Waals surface area contributed by atoms with Crippen LogP contribution in [0.3, 0.4) is 0 Å². The lowest BCUT2D eigenvalue weighted by atomic mass is 10.1. The second-order valence-corrected chi connectivity index (χ2v) is 4.76. The number of carbonyl (C=O) groups excluding carboxylic acids is 2. The topological polar surface area (TPSA) is 71.3 Å². The summed E-state index contributed by atoms with van der Waals surface area (Å²) < 4.78 is 18.1. The van der Waals surface area contributed by atoms with E-state index in [0.29, 0.717) is 12.2 Å². The van der Waals surface area contributed by atoms with E-state index in [2.05, 4.69) is 10.6 Å². The van der Waals surface area contributed by atoms with E-state index in [1.807, 2.05) is 0 Å². The van der Waals surface area contributed by atoms with E-state index < -0.39 is 0 Å². The summed E-state index contributed by atoms with van der Waals surface area (Å²) in [5.74, 6) is -0.228. The van der Waals surface area contributed by atoms with Crippen molar-refractivity contribution in [3.8, 4) is 0 Å². The highest BCUT2D eigenvalue weighted by atomic mass is 19.1. The quantitative estimate of drug-likeness (QED) is 0.819. The van der Waals surface area contributed by atoms with Crippen LogP contribution in [0.5, 0.6) is 0 Å². The lowest BCUT2D eigenvalue weighted by molar-refractivity contribution is -0.126. The van der Waals surface area contributed by atoms with Gasteiger partial charge in [-0.3, -0.25) is 9.59 Å². The first kappa shape index (κ1) is 15.8. The van der Waals surface area contributed by atoms with Crippen molar-refractivity contribution in [2.45, 2.75) is 19.4 Å². The van der Waals surface area contributed by atoms with Gasteiger partial charge in [0.05, 0.1) is 19.4 Å². The Morgan fingerprint density at radius 2 is 1.95 bits per heavy atom. The molecule has 1 heterocycles. The van der Waals surface area contributed by atoms with E-state index in [-0.39, 0.29) is 37.1 Å². The number of amides is 2. The molecule has 22 heavy (non-hydrogen) atoms. The molecule has 1 aromatic carbocycles. The smallest absolute Gasteiger partial charge is 0.239 e. The Labute approximate surface area is 127 Å². The summed E-state index contributed by atoms with van der Waals surface area (Å²) in [6, 6.07) is 9.58. The number of rotatable bonds is 7. The van der Waals surface area contributed by atoms with Gasteiger partial charge in [-0.15, -0.1) is 0 Å². The maximum atomic E-state index is 13.0. The average Bonchev–Trinajstić information content (AvgIpc) is 3.02. The zero-order valence-corrected chi connectivity index (χ0v) is 12.0. The van der Waals surface area contributed by atoms with Crippen LogP contribution in [0, 0.1) is 5.82 Å². The predicted molar refractivity (Wildman–Crippen MR) is 78.3 cm³/mol. The third-order valence-electron chi connectivity index (χ3n) is 3.02. The first-order valence-corrected chi connectivity index (χ1v) is 6.94. The number of furan rings is 1. The molecule has 0 fully saturated rings. The van der Waals surface area contributed by atoms with Crippen molar-refractivity contribution < 1.29 is 18.4 Å². The molecule has 2 rings (SSSR count). The molecule has 0 spiro atoms. The van der Waals surface area contributed by atoms with Crippen molar-refractivity contribution in [3.05, 3.63) is 59.8 Å². The molecule has 0 unspecified atom stereocenters. The molecule has 0 saturated carbocycles. The second kappa shape index (κ2) is 7.97. The van der Waals surface area contributed by atoms with Crippen molar-refractivity contribution in [1.29, 1.82) is 0 Å². The SMILES string of the molecule is O=C(CCc1cccc(F)c1)NCC(=O)NCc1ccco1. The van der Waals surface area contributed by atoms with Crippen molar-refractivity contribution in [3.63, 3.8) is 0 Å². The fraction of sp³-hybridized carbons (Fsp3) is 0.250. The van der Waals surface area contributed by atoms with E-state index in [4.69, 9.17) is 4.42 Å². The fourth-order valence-electron chi connectivity index (χ4n) is 1.88. The molecule has 116 valence electrons. The van der Waals surface area contributed by atoms with Gasteiger partial charge >= 0.3 is 0 Å². The lowest BCUT2D eigenvalue weighted by Crippen LogP contribution is -2.36. The van der Waals surface area contributed by atoms with E-state index in [1.165, 1.54) is 18.4 Å². The molecule has 0 aliphatic rings. The van der Waals surface area contributed by atoms with Crippen molar-refractivity contribution >= 4 is 11.8 Å². The molecule has 0 bridgehead atoms. The Hall–Kier alpha value is -2.63. The maximum Gasteiger partial charge on any atom is 0.239 e. The molecule has 0 saturated heterocycles. The van der Waals surface area contributed by atoms with E-state index >= 15 is 0 Å².